The van der Waals surface area contributed by atoms with Gasteiger partial charge in [0, 0.05) is 0 Å². The summed E-state index contributed by atoms with van der Waals surface area (Å²) in [5, 5.41) is 0. The standard InChI is InChI=1S/C13H16NO.ClH.Zn/c1-12(2)13(3,4)15-11(14-12)10-8-6-5-7-9-10;;/h5-8H,1-4H3;1H;/q-1;;+2/p-1. The summed E-state index contributed by atoms with van der Waals surface area (Å²) in [4.78, 5) is 4.61. The van der Waals surface area contributed by atoms with Gasteiger partial charge in [0.2, 0.25) is 0 Å². The molecule has 4 heteroatoms. The quantitative estimate of drug-likeness (QED) is 0.575. The molecule has 0 unspecified atom stereocenters. The first-order chi connectivity index (χ1) is 7.92. The van der Waals surface area contributed by atoms with Crippen LogP contribution in [-0.2, 0) is 22.0 Å². The van der Waals surface area contributed by atoms with E-state index in [-0.39, 0.29) is 11.1 Å². The summed E-state index contributed by atoms with van der Waals surface area (Å²) in [5.41, 5.74) is 0.481. The van der Waals surface area contributed by atoms with E-state index in [1.165, 1.54) is 0 Å². The van der Waals surface area contributed by atoms with Crippen LogP contribution in [0.1, 0.15) is 33.3 Å². The molecule has 1 aliphatic rings. The van der Waals surface area contributed by atoms with E-state index in [4.69, 9.17) is 14.4 Å². The molecule has 0 aromatic heterocycles. The predicted octanol–water partition coefficient (Wildman–Crippen LogP) is 3.51. The zero-order valence-corrected chi connectivity index (χ0v) is 14.5. The summed E-state index contributed by atoms with van der Waals surface area (Å²) >= 11 is 0.847. The number of aliphatic imine (C=N–C) groups is 1. The van der Waals surface area contributed by atoms with Gasteiger partial charge in [-0.15, -0.1) is 30.3 Å². The van der Waals surface area contributed by atoms with Gasteiger partial charge in [-0.2, -0.15) is 0 Å². The molecule has 1 heterocycles. The number of halogens is 1. The Kier molecular flexibility index (Phi) is 4.74. The molecule has 1 aromatic rings. The molecule has 0 bridgehead atoms. The third kappa shape index (κ3) is 3.08. The van der Waals surface area contributed by atoms with Crippen LogP contribution in [0, 0.1) is 6.07 Å². The van der Waals surface area contributed by atoms with E-state index < -0.39 is 0 Å². The average molecular weight is 303 g/mol. The molecule has 1 aromatic carbocycles. The number of ether oxygens (including phenoxy) is 1. The summed E-state index contributed by atoms with van der Waals surface area (Å²) in [6, 6.07) is 10.9. The van der Waals surface area contributed by atoms with Crippen molar-refractivity contribution >= 4 is 15.6 Å². The van der Waals surface area contributed by atoms with Crippen LogP contribution in [0.2, 0.25) is 0 Å². The molecule has 1 aliphatic heterocycles. The fraction of sp³-hybridized carbons (Fsp3) is 0.462. The Bertz CT molecular complexity index is 401. The van der Waals surface area contributed by atoms with E-state index >= 15 is 0 Å². The normalized spacial score (nSPS) is 19.8. The Morgan fingerprint density at radius 3 is 2.29 bits per heavy atom. The molecule has 0 amide bonds. The number of nitrogens with zero attached hydrogens (tertiary/aromatic N) is 1. The van der Waals surface area contributed by atoms with Crippen molar-refractivity contribution in [3.8, 4) is 0 Å². The number of rotatable bonds is 1. The van der Waals surface area contributed by atoms with Crippen molar-refractivity contribution in [1.82, 2.24) is 0 Å². The van der Waals surface area contributed by atoms with E-state index in [0.29, 0.717) is 5.90 Å². The Balaban J connectivity index is 0.000000686. The van der Waals surface area contributed by atoms with Gasteiger partial charge >= 0.3 is 27.0 Å². The van der Waals surface area contributed by atoms with Crippen LogP contribution in [0.3, 0.4) is 0 Å². The van der Waals surface area contributed by atoms with Crippen molar-refractivity contribution in [2.24, 2.45) is 4.99 Å². The van der Waals surface area contributed by atoms with Crippen molar-refractivity contribution in [2.45, 2.75) is 38.8 Å². The molecule has 0 spiro atoms. The molecule has 0 saturated heterocycles. The molecule has 0 saturated carbocycles. The SMILES string of the molecule is CC1(C)N=C(c2[c-]cccc2)OC1(C)C.[Cl][Zn+]. The zero-order chi connectivity index (χ0) is 13.1. The first-order valence-electron chi connectivity index (χ1n) is 5.45. The van der Waals surface area contributed by atoms with E-state index in [0.717, 1.165) is 22.9 Å². The van der Waals surface area contributed by atoms with E-state index in [9.17, 15) is 0 Å². The predicted molar refractivity (Wildman–Crippen MR) is 66.9 cm³/mol. The van der Waals surface area contributed by atoms with Gasteiger partial charge in [0.1, 0.15) is 11.5 Å². The minimum atomic E-state index is -0.258. The van der Waals surface area contributed by atoms with E-state index in [2.05, 4.69) is 38.8 Å². The second-order valence-corrected chi connectivity index (χ2v) is 4.86. The second-order valence-electron chi connectivity index (χ2n) is 4.86. The van der Waals surface area contributed by atoms with Gasteiger partial charge < -0.3 is 4.74 Å². The number of hydrogen-bond acceptors (Lipinski definition) is 2. The molecule has 2 nitrogen and oxygen atoms in total. The Morgan fingerprint density at radius 2 is 1.88 bits per heavy atom. The van der Waals surface area contributed by atoms with E-state index in [1.807, 2.05) is 24.3 Å². The minimum absolute atomic E-state index is 0.188. The molecular weight excluding hydrogens is 287 g/mol. The van der Waals surface area contributed by atoms with Crippen LogP contribution < -0.4 is 0 Å². The van der Waals surface area contributed by atoms with Gasteiger partial charge in [-0.05, 0) is 27.7 Å². The second kappa shape index (κ2) is 5.50. The molecule has 0 radical (unpaired) electrons. The molecule has 2 rings (SSSR count). The first-order valence-corrected chi connectivity index (χ1v) is 9.35. The van der Waals surface area contributed by atoms with Crippen LogP contribution in [0.25, 0.3) is 0 Å². The van der Waals surface area contributed by atoms with Crippen LogP contribution in [0.15, 0.2) is 29.3 Å². The molecule has 0 atom stereocenters. The number of hydrogen-bond donors (Lipinski definition) is 0. The molecule has 0 N–H and O–H groups in total. The van der Waals surface area contributed by atoms with Gasteiger partial charge in [0.05, 0.1) is 5.54 Å². The molecule has 17 heavy (non-hydrogen) atoms. The van der Waals surface area contributed by atoms with Gasteiger partial charge in [0.25, 0.3) is 0 Å². The van der Waals surface area contributed by atoms with Crippen LogP contribution in [0.5, 0.6) is 0 Å². The summed E-state index contributed by atoms with van der Waals surface area (Å²) in [5.74, 6) is 0.700. The first kappa shape index (κ1) is 14.7. The average Bonchev–Trinajstić information content (AvgIpc) is 2.52. The molecule has 0 aliphatic carbocycles. The van der Waals surface area contributed by atoms with Crippen LogP contribution in [-0.4, -0.2) is 17.0 Å². The third-order valence-electron chi connectivity index (χ3n) is 3.15. The molecule has 88 valence electrons. The summed E-state index contributed by atoms with van der Waals surface area (Å²) in [6.07, 6.45) is 0. The van der Waals surface area contributed by atoms with Gasteiger partial charge in [0.15, 0.2) is 0 Å². The molecule has 0 fully saturated rings. The summed E-state index contributed by atoms with van der Waals surface area (Å²) < 4.78 is 5.87. The van der Waals surface area contributed by atoms with Crippen molar-refractivity contribution in [2.75, 3.05) is 0 Å². The number of benzene rings is 1. The van der Waals surface area contributed by atoms with Crippen molar-refractivity contribution in [3.63, 3.8) is 0 Å². The summed E-state index contributed by atoms with van der Waals surface area (Å²) in [7, 11) is 4.76. The van der Waals surface area contributed by atoms with Gasteiger partial charge in [-0.25, -0.2) is 0 Å². The summed E-state index contributed by atoms with van der Waals surface area (Å²) in [6.45, 7) is 8.30. The fourth-order valence-corrected chi connectivity index (χ4v) is 1.42. The Hall–Kier alpha value is -0.397. The molecular formula is C13H16ClNOZn. The zero-order valence-electron chi connectivity index (χ0n) is 10.7. The van der Waals surface area contributed by atoms with Crippen molar-refractivity contribution in [1.29, 1.82) is 0 Å². The maximum atomic E-state index is 5.87. The van der Waals surface area contributed by atoms with Crippen LogP contribution >= 0.6 is 9.69 Å². The Morgan fingerprint density at radius 1 is 1.24 bits per heavy atom. The maximum absolute atomic E-state index is 5.87. The third-order valence-corrected chi connectivity index (χ3v) is 3.15. The van der Waals surface area contributed by atoms with Crippen LogP contribution in [0.4, 0.5) is 0 Å². The van der Waals surface area contributed by atoms with Gasteiger partial charge in [-0.1, -0.05) is 5.56 Å². The Labute approximate surface area is 117 Å². The fourth-order valence-electron chi connectivity index (χ4n) is 1.42. The monoisotopic (exact) mass is 301 g/mol. The topological polar surface area (TPSA) is 21.6 Å². The van der Waals surface area contributed by atoms with Gasteiger partial charge in [-0.3, -0.25) is 4.99 Å². The van der Waals surface area contributed by atoms with E-state index in [1.54, 1.807) is 0 Å². The van der Waals surface area contributed by atoms with Crippen molar-refractivity contribution < 1.29 is 22.0 Å². The van der Waals surface area contributed by atoms with Crippen molar-refractivity contribution in [3.05, 3.63) is 35.9 Å².